The van der Waals surface area contributed by atoms with Gasteiger partial charge in [-0.15, -0.1) is 0 Å². The second kappa shape index (κ2) is 4.84. The largest absolute Gasteiger partial charge is 0.507 e. The second-order valence-electron chi connectivity index (χ2n) is 5.40. The second-order valence-corrected chi connectivity index (χ2v) is 5.40. The Labute approximate surface area is 118 Å². The molecule has 3 rings (SSSR count). The highest BCUT2D eigenvalue weighted by Gasteiger charge is 2.28. The lowest BCUT2D eigenvalue weighted by Gasteiger charge is -2.30. The van der Waals surface area contributed by atoms with Gasteiger partial charge in [-0.05, 0) is 48.7 Å². The van der Waals surface area contributed by atoms with E-state index in [0.717, 1.165) is 28.0 Å². The van der Waals surface area contributed by atoms with Crippen LogP contribution in [0.4, 0.5) is 0 Å². The SMILES string of the molecule is Cc1cc(C2C[C@H](O)c3ccccc3O2)cc(C)c1O. The van der Waals surface area contributed by atoms with E-state index in [9.17, 15) is 10.2 Å². The zero-order valence-corrected chi connectivity index (χ0v) is 11.6. The van der Waals surface area contributed by atoms with Crippen LogP contribution in [0.2, 0.25) is 0 Å². The third-order valence-electron chi connectivity index (χ3n) is 3.87. The Kier molecular flexibility index (Phi) is 3.14. The quantitative estimate of drug-likeness (QED) is 0.833. The minimum Gasteiger partial charge on any atom is -0.507 e. The summed E-state index contributed by atoms with van der Waals surface area (Å²) in [5.74, 6) is 1.06. The number of hydrogen-bond acceptors (Lipinski definition) is 3. The maximum absolute atomic E-state index is 10.3. The number of benzene rings is 2. The van der Waals surface area contributed by atoms with E-state index in [1.807, 2.05) is 50.2 Å². The van der Waals surface area contributed by atoms with Crippen molar-refractivity contribution >= 4 is 0 Å². The normalized spacial score (nSPS) is 21.1. The van der Waals surface area contributed by atoms with Crippen LogP contribution in [0, 0.1) is 13.8 Å². The Hall–Kier alpha value is -2.00. The fourth-order valence-corrected chi connectivity index (χ4v) is 2.77. The molecule has 1 aliphatic heterocycles. The molecular formula is C17H18O3. The first-order valence-electron chi connectivity index (χ1n) is 6.80. The van der Waals surface area contributed by atoms with E-state index >= 15 is 0 Å². The van der Waals surface area contributed by atoms with Gasteiger partial charge in [-0.25, -0.2) is 0 Å². The van der Waals surface area contributed by atoms with E-state index in [4.69, 9.17) is 4.74 Å². The van der Waals surface area contributed by atoms with Crippen molar-refractivity contribution < 1.29 is 14.9 Å². The standard InChI is InChI=1S/C17H18O3/c1-10-7-12(8-11(2)17(10)19)16-9-14(18)13-5-3-4-6-15(13)20-16/h3-8,14,16,18-19H,9H2,1-2H3/t14-,16?/m0/s1. The minimum absolute atomic E-state index is 0.183. The number of aliphatic hydroxyl groups is 1. The predicted molar refractivity (Wildman–Crippen MR) is 77.0 cm³/mol. The highest BCUT2D eigenvalue weighted by atomic mass is 16.5. The molecule has 2 N–H and O–H groups in total. The van der Waals surface area contributed by atoms with Crippen LogP contribution in [-0.2, 0) is 0 Å². The summed E-state index contributed by atoms with van der Waals surface area (Å²) in [6.45, 7) is 3.75. The fraction of sp³-hybridized carbons (Fsp3) is 0.294. The summed E-state index contributed by atoms with van der Waals surface area (Å²) in [6.07, 6.45) is -0.169. The van der Waals surface area contributed by atoms with E-state index in [2.05, 4.69) is 0 Å². The zero-order chi connectivity index (χ0) is 14.3. The maximum atomic E-state index is 10.3. The van der Waals surface area contributed by atoms with Gasteiger partial charge in [0.15, 0.2) is 0 Å². The Morgan fingerprint density at radius 3 is 2.45 bits per heavy atom. The van der Waals surface area contributed by atoms with Crippen molar-refractivity contribution in [1.82, 2.24) is 0 Å². The Balaban J connectivity index is 1.98. The van der Waals surface area contributed by atoms with Gasteiger partial charge >= 0.3 is 0 Å². The molecule has 2 aromatic carbocycles. The Morgan fingerprint density at radius 2 is 1.75 bits per heavy atom. The average Bonchev–Trinajstić information content (AvgIpc) is 2.44. The molecule has 0 fully saturated rings. The first kappa shape index (κ1) is 13.0. The van der Waals surface area contributed by atoms with Crippen molar-refractivity contribution in [2.24, 2.45) is 0 Å². The lowest BCUT2D eigenvalue weighted by molar-refractivity contribution is 0.0657. The van der Waals surface area contributed by atoms with Gasteiger partial charge in [-0.3, -0.25) is 0 Å². The van der Waals surface area contributed by atoms with Crippen molar-refractivity contribution in [1.29, 1.82) is 0 Å². The summed E-state index contributed by atoms with van der Waals surface area (Å²) in [6, 6.07) is 11.4. The van der Waals surface area contributed by atoms with Crippen LogP contribution in [0.15, 0.2) is 36.4 Å². The van der Waals surface area contributed by atoms with Crippen LogP contribution in [0.25, 0.3) is 0 Å². The van der Waals surface area contributed by atoms with Crippen LogP contribution >= 0.6 is 0 Å². The Bertz CT molecular complexity index is 625. The minimum atomic E-state index is -0.514. The number of aliphatic hydroxyl groups excluding tert-OH is 1. The number of hydrogen-bond donors (Lipinski definition) is 2. The number of aryl methyl sites for hydroxylation is 2. The summed E-state index contributed by atoms with van der Waals surface area (Å²) in [4.78, 5) is 0. The van der Waals surface area contributed by atoms with Crippen LogP contribution in [-0.4, -0.2) is 10.2 Å². The number of ether oxygens (including phenoxy) is 1. The van der Waals surface area contributed by atoms with Crippen LogP contribution in [0.5, 0.6) is 11.5 Å². The van der Waals surface area contributed by atoms with Gasteiger partial charge in [0.1, 0.15) is 17.6 Å². The number of phenolic OH excluding ortho intramolecular Hbond substituents is 1. The molecule has 2 atom stereocenters. The van der Waals surface area contributed by atoms with E-state index in [1.54, 1.807) is 0 Å². The van der Waals surface area contributed by atoms with Crippen molar-refractivity contribution in [2.75, 3.05) is 0 Å². The summed E-state index contributed by atoms with van der Waals surface area (Å²) in [5, 5.41) is 20.1. The smallest absolute Gasteiger partial charge is 0.127 e. The molecule has 1 aliphatic rings. The van der Waals surface area contributed by atoms with Crippen molar-refractivity contribution in [3.05, 3.63) is 58.7 Å². The van der Waals surface area contributed by atoms with Gasteiger partial charge in [0, 0.05) is 12.0 Å². The summed E-state index contributed by atoms with van der Waals surface area (Å²) in [5.41, 5.74) is 3.50. The van der Waals surface area contributed by atoms with Crippen LogP contribution in [0.3, 0.4) is 0 Å². The molecule has 1 unspecified atom stereocenters. The molecular weight excluding hydrogens is 252 g/mol. The van der Waals surface area contributed by atoms with Gasteiger partial charge in [0.2, 0.25) is 0 Å². The van der Waals surface area contributed by atoms with Gasteiger partial charge in [0.25, 0.3) is 0 Å². The molecule has 1 heterocycles. The van der Waals surface area contributed by atoms with Crippen LogP contribution in [0.1, 0.15) is 40.9 Å². The molecule has 0 radical (unpaired) electrons. The van der Waals surface area contributed by atoms with Crippen molar-refractivity contribution in [2.45, 2.75) is 32.5 Å². The predicted octanol–water partition coefficient (Wildman–Crippen LogP) is 3.57. The lowest BCUT2D eigenvalue weighted by Crippen LogP contribution is -2.19. The maximum Gasteiger partial charge on any atom is 0.127 e. The zero-order valence-electron chi connectivity index (χ0n) is 11.6. The van der Waals surface area contributed by atoms with E-state index in [0.29, 0.717) is 12.2 Å². The molecule has 2 aromatic rings. The molecule has 0 bridgehead atoms. The summed E-state index contributed by atoms with van der Waals surface area (Å²) < 4.78 is 6.00. The molecule has 3 nitrogen and oxygen atoms in total. The van der Waals surface area contributed by atoms with E-state index in [1.165, 1.54) is 0 Å². The highest BCUT2D eigenvalue weighted by molar-refractivity contribution is 5.44. The van der Waals surface area contributed by atoms with Crippen molar-refractivity contribution in [3.8, 4) is 11.5 Å². The van der Waals surface area contributed by atoms with Gasteiger partial charge in [0.05, 0.1) is 6.10 Å². The monoisotopic (exact) mass is 270 g/mol. The average molecular weight is 270 g/mol. The van der Waals surface area contributed by atoms with E-state index < -0.39 is 6.10 Å². The number of phenols is 1. The van der Waals surface area contributed by atoms with Gasteiger partial charge in [-0.1, -0.05) is 18.2 Å². The number of aromatic hydroxyl groups is 1. The summed E-state index contributed by atoms with van der Waals surface area (Å²) >= 11 is 0. The number of para-hydroxylation sites is 1. The fourth-order valence-electron chi connectivity index (χ4n) is 2.77. The first-order valence-corrected chi connectivity index (χ1v) is 6.80. The third-order valence-corrected chi connectivity index (χ3v) is 3.87. The summed E-state index contributed by atoms with van der Waals surface area (Å²) in [7, 11) is 0. The molecule has 0 amide bonds. The van der Waals surface area contributed by atoms with Crippen molar-refractivity contribution in [3.63, 3.8) is 0 Å². The third kappa shape index (κ3) is 2.14. The first-order chi connectivity index (χ1) is 9.56. The Morgan fingerprint density at radius 1 is 1.10 bits per heavy atom. The molecule has 0 saturated carbocycles. The lowest BCUT2D eigenvalue weighted by atomic mass is 9.93. The molecule has 3 heteroatoms. The molecule has 104 valence electrons. The topological polar surface area (TPSA) is 49.7 Å². The molecule has 0 spiro atoms. The van der Waals surface area contributed by atoms with Gasteiger partial charge < -0.3 is 14.9 Å². The highest BCUT2D eigenvalue weighted by Crippen LogP contribution is 2.41. The molecule has 0 saturated heterocycles. The van der Waals surface area contributed by atoms with E-state index in [-0.39, 0.29) is 6.10 Å². The number of rotatable bonds is 1. The molecule has 20 heavy (non-hydrogen) atoms. The molecule has 0 aliphatic carbocycles. The molecule has 0 aromatic heterocycles. The number of fused-ring (bicyclic) bond motifs is 1. The van der Waals surface area contributed by atoms with Gasteiger partial charge in [-0.2, -0.15) is 0 Å². The van der Waals surface area contributed by atoms with Crippen LogP contribution < -0.4 is 4.74 Å².